The van der Waals surface area contributed by atoms with Crippen LogP contribution in [0, 0.1) is 5.92 Å². The number of hydrogen-bond acceptors (Lipinski definition) is 3. The van der Waals surface area contributed by atoms with Crippen LogP contribution in [0.4, 0.5) is 0 Å². The lowest BCUT2D eigenvalue weighted by Crippen LogP contribution is -2.27. The second kappa shape index (κ2) is 6.28. The zero-order chi connectivity index (χ0) is 20.4. The van der Waals surface area contributed by atoms with Crippen LogP contribution >= 0.6 is 0 Å². The Hall–Kier alpha value is -3.43. The number of rotatable bonds is 2. The van der Waals surface area contributed by atoms with Gasteiger partial charge in [0, 0.05) is 11.5 Å². The Balaban J connectivity index is 1.38. The molecule has 0 saturated carbocycles. The summed E-state index contributed by atoms with van der Waals surface area (Å²) in [6, 6.07) is 19.5. The Morgan fingerprint density at radius 2 is 1.77 bits per heavy atom. The van der Waals surface area contributed by atoms with Crippen molar-refractivity contribution in [3.8, 4) is 5.75 Å². The number of hydrogen-bond donors (Lipinski definition) is 0. The smallest absolute Gasteiger partial charge is 0.344 e. The van der Waals surface area contributed by atoms with Crippen LogP contribution < -0.4 is 4.74 Å². The second-order valence-corrected chi connectivity index (χ2v) is 8.19. The minimum atomic E-state index is -0.345. The van der Waals surface area contributed by atoms with E-state index >= 15 is 0 Å². The third-order valence-electron chi connectivity index (χ3n) is 6.57. The van der Waals surface area contributed by atoms with E-state index in [4.69, 9.17) is 9.47 Å². The molecule has 3 nitrogen and oxygen atoms in total. The topological polar surface area (TPSA) is 35.5 Å². The van der Waals surface area contributed by atoms with Crippen LogP contribution in [-0.4, -0.2) is 18.2 Å². The largest absolute Gasteiger partial charge is 0.422 e. The van der Waals surface area contributed by atoms with E-state index in [1.165, 1.54) is 11.1 Å². The SMILES string of the molecule is C=C1C(=C)[C@@H]2O[C@H]1C1=Cc3c(cccc3OC(=O)c3cccc4ccccc34)C[C@@H]12. The van der Waals surface area contributed by atoms with E-state index in [9.17, 15) is 4.79 Å². The van der Waals surface area contributed by atoms with Gasteiger partial charge in [0.15, 0.2) is 0 Å². The lowest BCUT2D eigenvalue weighted by Gasteiger charge is -2.29. The minimum absolute atomic E-state index is 0.0174. The number of carbonyl (C=O) groups excluding carboxylic acids is 1. The first-order valence-electron chi connectivity index (χ1n) is 10.2. The zero-order valence-corrected chi connectivity index (χ0v) is 16.4. The molecule has 1 aliphatic carbocycles. The predicted octanol–water partition coefficient (Wildman–Crippen LogP) is 5.51. The van der Waals surface area contributed by atoms with Gasteiger partial charge in [-0.05, 0) is 57.7 Å². The maximum atomic E-state index is 13.1. The summed E-state index contributed by atoms with van der Waals surface area (Å²) in [5.41, 5.74) is 5.91. The summed E-state index contributed by atoms with van der Waals surface area (Å²) in [4.78, 5) is 13.1. The van der Waals surface area contributed by atoms with E-state index in [0.29, 0.717) is 17.2 Å². The molecular formula is C27H20O3. The van der Waals surface area contributed by atoms with Gasteiger partial charge in [-0.15, -0.1) is 0 Å². The Labute approximate surface area is 174 Å². The standard InChI is InChI=1S/C27H20O3/c1-15-16(2)26-23-14-21-18(13-22(23)25(15)30-26)9-6-12-24(21)29-27(28)20-11-5-8-17-7-3-4-10-19(17)20/h3-12,14,22,25-26H,1-2,13H2/t22-,25-,26+/m0/s1. The monoisotopic (exact) mass is 392 g/mol. The van der Waals surface area contributed by atoms with Crippen LogP contribution in [0.1, 0.15) is 21.5 Å². The van der Waals surface area contributed by atoms with Crippen molar-refractivity contribution in [2.45, 2.75) is 18.6 Å². The van der Waals surface area contributed by atoms with E-state index in [1.807, 2.05) is 54.6 Å². The lowest BCUT2D eigenvalue weighted by molar-refractivity contribution is 0.0736. The van der Waals surface area contributed by atoms with E-state index < -0.39 is 0 Å². The van der Waals surface area contributed by atoms with E-state index in [-0.39, 0.29) is 18.2 Å². The summed E-state index contributed by atoms with van der Waals surface area (Å²) in [6.07, 6.45) is 2.91. The number of carbonyl (C=O) groups is 1. The Morgan fingerprint density at radius 3 is 2.67 bits per heavy atom. The van der Waals surface area contributed by atoms with Crippen LogP contribution in [-0.2, 0) is 11.2 Å². The molecule has 3 heteroatoms. The molecule has 0 radical (unpaired) electrons. The fourth-order valence-electron chi connectivity index (χ4n) is 5.04. The summed E-state index contributed by atoms with van der Waals surface area (Å²) in [5.74, 6) is 0.538. The molecule has 0 amide bonds. The highest BCUT2D eigenvalue weighted by atomic mass is 16.5. The van der Waals surface area contributed by atoms with Gasteiger partial charge in [0.2, 0.25) is 0 Å². The van der Waals surface area contributed by atoms with E-state index in [1.54, 1.807) is 0 Å². The molecule has 30 heavy (non-hydrogen) atoms. The highest BCUT2D eigenvalue weighted by Gasteiger charge is 2.50. The van der Waals surface area contributed by atoms with Crippen LogP contribution in [0.25, 0.3) is 16.8 Å². The van der Waals surface area contributed by atoms with Gasteiger partial charge in [0.25, 0.3) is 0 Å². The van der Waals surface area contributed by atoms with Gasteiger partial charge in [0.05, 0.1) is 11.7 Å². The molecule has 2 fully saturated rings. The van der Waals surface area contributed by atoms with Gasteiger partial charge in [-0.2, -0.15) is 0 Å². The molecule has 0 aromatic heterocycles. The molecule has 2 bridgehead atoms. The minimum Gasteiger partial charge on any atom is -0.422 e. The molecule has 3 aliphatic rings. The van der Waals surface area contributed by atoms with Crippen molar-refractivity contribution >= 4 is 22.8 Å². The molecule has 2 saturated heterocycles. The Kier molecular flexibility index (Phi) is 3.65. The normalized spacial score (nSPS) is 23.9. The van der Waals surface area contributed by atoms with Gasteiger partial charge in [-0.1, -0.05) is 61.7 Å². The van der Waals surface area contributed by atoms with Crippen molar-refractivity contribution in [2.24, 2.45) is 5.92 Å². The quantitative estimate of drug-likeness (QED) is 0.426. The van der Waals surface area contributed by atoms with Crippen LogP contribution in [0.3, 0.4) is 0 Å². The molecule has 3 atom stereocenters. The molecule has 3 aromatic carbocycles. The van der Waals surface area contributed by atoms with Gasteiger partial charge >= 0.3 is 5.97 Å². The molecule has 3 aromatic rings. The third-order valence-corrected chi connectivity index (χ3v) is 6.57. The average Bonchev–Trinajstić information content (AvgIpc) is 3.28. The van der Waals surface area contributed by atoms with Gasteiger partial charge < -0.3 is 9.47 Å². The van der Waals surface area contributed by atoms with Crippen molar-refractivity contribution in [3.05, 3.63) is 107 Å². The molecule has 0 N–H and O–H groups in total. The average molecular weight is 392 g/mol. The fraction of sp³-hybridized carbons (Fsp3) is 0.148. The summed E-state index contributed by atoms with van der Waals surface area (Å²) < 4.78 is 12.1. The van der Waals surface area contributed by atoms with Gasteiger partial charge in [-0.3, -0.25) is 0 Å². The number of fused-ring (bicyclic) bond motifs is 7. The second-order valence-electron chi connectivity index (χ2n) is 8.19. The van der Waals surface area contributed by atoms with Gasteiger partial charge in [0.1, 0.15) is 11.9 Å². The van der Waals surface area contributed by atoms with Gasteiger partial charge in [-0.25, -0.2) is 4.79 Å². The maximum absolute atomic E-state index is 13.1. The molecule has 146 valence electrons. The first-order chi connectivity index (χ1) is 14.6. The molecule has 0 spiro atoms. The van der Waals surface area contributed by atoms with E-state index in [2.05, 4.69) is 25.3 Å². The number of esters is 1. The number of benzene rings is 3. The summed E-state index contributed by atoms with van der Waals surface area (Å²) in [7, 11) is 0. The first kappa shape index (κ1) is 17.4. The highest BCUT2D eigenvalue weighted by molar-refractivity contribution is 6.05. The highest BCUT2D eigenvalue weighted by Crippen LogP contribution is 2.52. The van der Waals surface area contributed by atoms with Crippen LogP contribution in [0.5, 0.6) is 5.75 Å². The predicted molar refractivity (Wildman–Crippen MR) is 117 cm³/mol. The summed E-state index contributed by atoms with van der Waals surface area (Å²) >= 11 is 0. The van der Waals surface area contributed by atoms with Crippen molar-refractivity contribution in [1.29, 1.82) is 0 Å². The molecule has 2 aliphatic heterocycles. The van der Waals surface area contributed by atoms with Crippen molar-refractivity contribution in [3.63, 3.8) is 0 Å². The van der Waals surface area contributed by atoms with Crippen molar-refractivity contribution < 1.29 is 14.3 Å². The maximum Gasteiger partial charge on any atom is 0.344 e. The Morgan fingerprint density at radius 1 is 0.967 bits per heavy atom. The molecular weight excluding hydrogens is 372 g/mol. The molecule has 6 rings (SSSR count). The summed E-state index contributed by atoms with van der Waals surface area (Å²) in [6.45, 7) is 8.31. The Bertz CT molecular complexity index is 1290. The van der Waals surface area contributed by atoms with Crippen LogP contribution in [0.2, 0.25) is 0 Å². The number of ether oxygens (including phenoxy) is 2. The van der Waals surface area contributed by atoms with Crippen LogP contribution in [0.15, 0.2) is 90.5 Å². The first-order valence-corrected chi connectivity index (χ1v) is 10.2. The molecule has 0 unspecified atom stereocenters. The zero-order valence-electron chi connectivity index (χ0n) is 16.4. The van der Waals surface area contributed by atoms with Crippen molar-refractivity contribution in [1.82, 2.24) is 0 Å². The third kappa shape index (κ3) is 2.39. The fourth-order valence-corrected chi connectivity index (χ4v) is 5.04. The van der Waals surface area contributed by atoms with Crippen molar-refractivity contribution in [2.75, 3.05) is 0 Å². The lowest BCUT2D eigenvalue weighted by atomic mass is 9.72. The van der Waals surface area contributed by atoms with E-state index in [0.717, 1.165) is 33.9 Å². The summed E-state index contributed by atoms with van der Waals surface area (Å²) in [5, 5.41) is 1.91. The molecule has 2 heterocycles.